The maximum Gasteiger partial charge on any atom is 0.341 e. The van der Waals surface area contributed by atoms with Gasteiger partial charge in [-0.25, -0.2) is 9.18 Å². The smallest absolute Gasteiger partial charge is 0.341 e. The summed E-state index contributed by atoms with van der Waals surface area (Å²) < 4.78 is 19.3. The number of ether oxygens (including phenoxy) is 1. The molecular formula is C14H10BrClFNO2. The van der Waals surface area contributed by atoms with Crippen LogP contribution in [0, 0.1) is 5.82 Å². The number of benzene rings is 2. The van der Waals surface area contributed by atoms with Crippen LogP contribution in [0.2, 0.25) is 5.02 Å². The molecule has 2 aromatic carbocycles. The van der Waals surface area contributed by atoms with E-state index in [-0.39, 0.29) is 12.2 Å². The normalized spacial score (nSPS) is 10.3. The van der Waals surface area contributed by atoms with Gasteiger partial charge in [-0.05, 0) is 30.3 Å². The molecule has 0 atom stereocenters. The first-order chi connectivity index (χ1) is 9.47. The van der Waals surface area contributed by atoms with Crippen LogP contribution in [0.3, 0.4) is 0 Å². The number of anilines is 1. The first-order valence-electron chi connectivity index (χ1n) is 5.63. The topological polar surface area (TPSA) is 52.3 Å². The number of hydrogen-bond acceptors (Lipinski definition) is 3. The van der Waals surface area contributed by atoms with Gasteiger partial charge in [0.05, 0.1) is 5.56 Å². The quantitative estimate of drug-likeness (QED) is 0.661. The molecule has 0 radical (unpaired) electrons. The molecule has 2 N–H and O–H groups in total. The fraction of sp³-hybridized carbons (Fsp3) is 0.0714. The van der Waals surface area contributed by atoms with Gasteiger partial charge in [-0.2, -0.15) is 0 Å². The molecule has 2 rings (SSSR count). The fourth-order valence-corrected chi connectivity index (χ4v) is 2.29. The zero-order valence-corrected chi connectivity index (χ0v) is 12.5. The Balaban J connectivity index is 2.10. The van der Waals surface area contributed by atoms with Crippen LogP contribution in [0.15, 0.2) is 40.9 Å². The molecule has 6 heteroatoms. The summed E-state index contributed by atoms with van der Waals surface area (Å²) in [7, 11) is 0. The Morgan fingerprint density at radius 3 is 2.75 bits per heavy atom. The van der Waals surface area contributed by atoms with Crippen molar-refractivity contribution in [1.29, 1.82) is 0 Å². The summed E-state index contributed by atoms with van der Waals surface area (Å²) in [6, 6.07) is 8.91. The minimum absolute atomic E-state index is 0.0425. The Bertz CT molecular complexity index is 664. The number of carbonyl (C=O) groups excluding carboxylic acids is 1. The highest BCUT2D eigenvalue weighted by Crippen LogP contribution is 2.22. The zero-order chi connectivity index (χ0) is 14.7. The Morgan fingerprint density at radius 2 is 2.05 bits per heavy atom. The van der Waals surface area contributed by atoms with Crippen molar-refractivity contribution in [2.24, 2.45) is 0 Å². The lowest BCUT2D eigenvalue weighted by Crippen LogP contribution is -2.08. The number of carbonyl (C=O) groups is 1. The van der Waals surface area contributed by atoms with Crippen LogP contribution in [0.25, 0.3) is 0 Å². The van der Waals surface area contributed by atoms with Gasteiger partial charge in [0.1, 0.15) is 12.4 Å². The van der Waals surface area contributed by atoms with E-state index in [1.165, 1.54) is 12.1 Å². The molecule has 2 aromatic rings. The summed E-state index contributed by atoms with van der Waals surface area (Å²) in [4.78, 5) is 11.8. The minimum Gasteiger partial charge on any atom is -0.457 e. The molecule has 0 saturated heterocycles. The van der Waals surface area contributed by atoms with Gasteiger partial charge in [0.25, 0.3) is 0 Å². The van der Waals surface area contributed by atoms with Crippen molar-refractivity contribution in [1.82, 2.24) is 0 Å². The maximum atomic E-state index is 13.5. The van der Waals surface area contributed by atoms with Crippen molar-refractivity contribution >= 4 is 39.2 Å². The highest BCUT2D eigenvalue weighted by Gasteiger charge is 2.14. The first-order valence-corrected chi connectivity index (χ1v) is 6.80. The van der Waals surface area contributed by atoms with Crippen LogP contribution in [0.5, 0.6) is 0 Å². The average Bonchev–Trinajstić information content (AvgIpc) is 2.40. The summed E-state index contributed by atoms with van der Waals surface area (Å²) >= 11 is 9.27. The number of esters is 1. The van der Waals surface area contributed by atoms with Crippen molar-refractivity contribution in [3.05, 3.63) is 62.8 Å². The van der Waals surface area contributed by atoms with Crippen molar-refractivity contribution in [2.45, 2.75) is 6.61 Å². The van der Waals surface area contributed by atoms with E-state index in [1.54, 1.807) is 18.2 Å². The minimum atomic E-state index is -0.784. The van der Waals surface area contributed by atoms with Crippen LogP contribution in [-0.4, -0.2) is 5.97 Å². The second-order valence-electron chi connectivity index (χ2n) is 4.05. The van der Waals surface area contributed by atoms with Crippen LogP contribution in [0.4, 0.5) is 10.1 Å². The van der Waals surface area contributed by atoms with Gasteiger partial charge < -0.3 is 10.5 Å². The number of nitrogen functional groups attached to an aromatic ring is 1. The van der Waals surface area contributed by atoms with Gasteiger partial charge in [-0.15, -0.1) is 0 Å². The van der Waals surface area contributed by atoms with Gasteiger partial charge in [-0.3, -0.25) is 0 Å². The molecule has 0 aliphatic rings. The van der Waals surface area contributed by atoms with Gasteiger partial charge in [0.2, 0.25) is 0 Å². The molecule has 0 amide bonds. The van der Waals surface area contributed by atoms with Crippen molar-refractivity contribution < 1.29 is 13.9 Å². The summed E-state index contributed by atoms with van der Waals surface area (Å²) in [5.41, 5.74) is 6.24. The van der Waals surface area contributed by atoms with Crippen molar-refractivity contribution in [3.8, 4) is 0 Å². The maximum absolute atomic E-state index is 13.5. The predicted octanol–water partition coefficient (Wildman–Crippen LogP) is 4.18. The van der Waals surface area contributed by atoms with Crippen LogP contribution in [0.1, 0.15) is 15.9 Å². The average molecular weight is 359 g/mol. The Hall–Kier alpha value is -1.59. The van der Waals surface area contributed by atoms with Gasteiger partial charge in [-0.1, -0.05) is 33.6 Å². The lowest BCUT2D eigenvalue weighted by atomic mass is 10.2. The predicted molar refractivity (Wildman–Crippen MR) is 79.1 cm³/mol. The molecule has 0 fully saturated rings. The largest absolute Gasteiger partial charge is 0.457 e. The van der Waals surface area contributed by atoms with E-state index in [2.05, 4.69) is 15.9 Å². The van der Waals surface area contributed by atoms with E-state index >= 15 is 0 Å². The van der Waals surface area contributed by atoms with E-state index in [0.29, 0.717) is 16.3 Å². The lowest BCUT2D eigenvalue weighted by molar-refractivity contribution is 0.0467. The molecule has 0 saturated carbocycles. The summed E-state index contributed by atoms with van der Waals surface area (Å²) in [5.74, 6) is -1.46. The third kappa shape index (κ3) is 3.49. The zero-order valence-electron chi connectivity index (χ0n) is 10.2. The van der Waals surface area contributed by atoms with Crippen molar-refractivity contribution in [3.63, 3.8) is 0 Å². The van der Waals surface area contributed by atoms with Crippen LogP contribution >= 0.6 is 27.5 Å². The van der Waals surface area contributed by atoms with E-state index in [1.807, 2.05) is 0 Å². The Labute approximate surface area is 128 Å². The first kappa shape index (κ1) is 14.8. The molecular weight excluding hydrogens is 349 g/mol. The number of nitrogens with two attached hydrogens (primary N) is 1. The molecule has 0 heterocycles. The fourth-order valence-electron chi connectivity index (χ4n) is 1.56. The molecule has 0 aliphatic heterocycles. The Morgan fingerprint density at radius 1 is 1.30 bits per heavy atom. The van der Waals surface area contributed by atoms with Crippen molar-refractivity contribution in [2.75, 3.05) is 5.73 Å². The third-order valence-electron chi connectivity index (χ3n) is 2.58. The van der Waals surface area contributed by atoms with Crippen LogP contribution in [-0.2, 0) is 11.3 Å². The SMILES string of the molecule is Nc1ccc(F)c(C(=O)OCc2ccc(Br)cc2Cl)c1. The monoisotopic (exact) mass is 357 g/mol. The van der Waals surface area contributed by atoms with E-state index in [9.17, 15) is 9.18 Å². The summed E-state index contributed by atoms with van der Waals surface area (Å²) in [6.07, 6.45) is 0. The lowest BCUT2D eigenvalue weighted by Gasteiger charge is -2.08. The van der Waals surface area contributed by atoms with E-state index in [0.717, 1.165) is 10.5 Å². The number of hydrogen-bond donors (Lipinski definition) is 1. The molecule has 104 valence electrons. The second kappa shape index (κ2) is 6.24. The highest BCUT2D eigenvalue weighted by atomic mass is 79.9. The standard InChI is InChI=1S/C14H10BrClFNO2/c15-9-2-1-8(12(16)5-9)7-20-14(19)11-6-10(18)3-4-13(11)17/h1-6H,7,18H2. The third-order valence-corrected chi connectivity index (χ3v) is 3.43. The highest BCUT2D eigenvalue weighted by molar-refractivity contribution is 9.10. The molecule has 20 heavy (non-hydrogen) atoms. The number of rotatable bonds is 3. The molecule has 3 nitrogen and oxygen atoms in total. The van der Waals surface area contributed by atoms with Gasteiger partial charge in [0, 0.05) is 20.7 Å². The van der Waals surface area contributed by atoms with E-state index < -0.39 is 11.8 Å². The van der Waals surface area contributed by atoms with Gasteiger partial charge in [0.15, 0.2) is 0 Å². The van der Waals surface area contributed by atoms with Gasteiger partial charge >= 0.3 is 5.97 Å². The van der Waals surface area contributed by atoms with Crippen LogP contribution < -0.4 is 5.73 Å². The van der Waals surface area contributed by atoms with E-state index in [4.69, 9.17) is 22.1 Å². The second-order valence-corrected chi connectivity index (χ2v) is 5.37. The Kier molecular flexibility index (Phi) is 4.62. The molecule has 0 aliphatic carbocycles. The summed E-state index contributed by atoms with van der Waals surface area (Å²) in [5, 5.41) is 0.459. The number of halogens is 3. The molecule has 0 bridgehead atoms. The molecule has 0 spiro atoms. The summed E-state index contributed by atoms with van der Waals surface area (Å²) in [6.45, 7) is -0.0425. The molecule has 0 aromatic heterocycles. The molecule has 0 unspecified atom stereocenters.